The number of aryl methyl sites for hydroxylation is 2. The smallest absolute Gasteiger partial charge is 0.341 e. The fourth-order valence-electron chi connectivity index (χ4n) is 3.40. The molecule has 0 fully saturated rings. The van der Waals surface area contributed by atoms with Crippen molar-refractivity contribution in [2.45, 2.75) is 64.1 Å². The average molecular weight is 423 g/mol. The van der Waals surface area contributed by atoms with Crippen molar-refractivity contribution < 1.29 is 14.3 Å². The summed E-state index contributed by atoms with van der Waals surface area (Å²) in [5.41, 5.74) is 1.57. The Morgan fingerprint density at radius 1 is 1.25 bits per heavy atom. The molecule has 0 saturated heterocycles. The van der Waals surface area contributed by atoms with Crippen LogP contribution in [0.15, 0.2) is 5.16 Å². The Labute approximate surface area is 173 Å². The maximum atomic E-state index is 12.6. The van der Waals surface area contributed by atoms with Gasteiger partial charge in [-0.2, -0.15) is 0 Å². The van der Waals surface area contributed by atoms with Crippen LogP contribution in [0.4, 0.5) is 5.00 Å². The molecule has 1 amide bonds. The Morgan fingerprint density at radius 3 is 2.75 bits per heavy atom. The van der Waals surface area contributed by atoms with Gasteiger partial charge >= 0.3 is 5.97 Å². The van der Waals surface area contributed by atoms with E-state index in [4.69, 9.17) is 4.74 Å². The van der Waals surface area contributed by atoms with Gasteiger partial charge in [-0.15, -0.1) is 21.5 Å². The van der Waals surface area contributed by atoms with Gasteiger partial charge in [0.05, 0.1) is 18.4 Å². The zero-order chi connectivity index (χ0) is 20.1. The summed E-state index contributed by atoms with van der Waals surface area (Å²) in [5, 5.41) is 12.7. The van der Waals surface area contributed by atoms with Gasteiger partial charge in [-0.1, -0.05) is 25.6 Å². The minimum Gasteiger partial charge on any atom is -0.465 e. The van der Waals surface area contributed by atoms with Gasteiger partial charge in [0.15, 0.2) is 5.16 Å². The first-order valence-electron chi connectivity index (χ1n) is 9.66. The minimum atomic E-state index is -0.377. The topological polar surface area (TPSA) is 86.1 Å². The Kier molecular flexibility index (Phi) is 7.12. The second-order valence-corrected chi connectivity index (χ2v) is 8.70. The molecular weight excluding hydrogens is 396 g/mol. The van der Waals surface area contributed by atoms with Crippen LogP contribution in [0, 0.1) is 0 Å². The van der Waals surface area contributed by atoms with Gasteiger partial charge in [0, 0.05) is 17.8 Å². The summed E-state index contributed by atoms with van der Waals surface area (Å²) in [6.07, 6.45) is 5.78. The van der Waals surface area contributed by atoms with Gasteiger partial charge in [0.1, 0.15) is 10.8 Å². The highest BCUT2D eigenvalue weighted by Crippen LogP contribution is 2.38. The van der Waals surface area contributed by atoms with Crippen molar-refractivity contribution in [2.75, 3.05) is 18.2 Å². The molecule has 0 bridgehead atoms. The lowest BCUT2D eigenvalue weighted by Crippen LogP contribution is -2.17. The number of hydrogen-bond donors (Lipinski definition) is 1. The highest BCUT2D eigenvalue weighted by Gasteiger charge is 2.27. The number of fused-ring (bicyclic) bond motifs is 1. The van der Waals surface area contributed by atoms with Gasteiger partial charge in [0.2, 0.25) is 5.91 Å². The van der Waals surface area contributed by atoms with E-state index >= 15 is 0 Å². The van der Waals surface area contributed by atoms with Crippen LogP contribution in [0.25, 0.3) is 0 Å². The molecule has 0 radical (unpaired) electrons. The van der Waals surface area contributed by atoms with E-state index in [-0.39, 0.29) is 17.6 Å². The van der Waals surface area contributed by atoms with E-state index < -0.39 is 0 Å². The van der Waals surface area contributed by atoms with Gasteiger partial charge in [-0.25, -0.2) is 4.79 Å². The van der Waals surface area contributed by atoms with Gasteiger partial charge < -0.3 is 14.6 Å². The van der Waals surface area contributed by atoms with Crippen LogP contribution in [0.2, 0.25) is 0 Å². The largest absolute Gasteiger partial charge is 0.465 e. The third kappa shape index (κ3) is 4.41. The predicted octanol–water partition coefficient (Wildman–Crippen LogP) is 3.71. The third-order valence-corrected chi connectivity index (χ3v) is 6.88. The molecule has 0 saturated carbocycles. The zero-order valence-electron chi connectivity index (χ0n) is 16.5. The molecule has 152 valence electrons. The van der Waals surface area contributed by atoms with E-state index in [9.17, 15) is 9.59 Å². The molecule has 1 aliphatic rings. The Balaban J connectivity index is 1.71. The summed E-state index contributed by atoms with van der Waals surface area (Å²) in [4.78, 5) is 26.0. The molecule has 3 rings (SSSR count). The molecule has 0 spiro atoms. The number of amides is 1. The number of esters is 1. The molecule has 0 unspecified atom stereocenters. The second-order valence-electron chi connectivity index (χ2n) is 6.65. The summed E-state index contributed by atoms with van der Waals surface area (Å²) in [7, 11) is 1.38. The van der Waals surface area contributed by atoms with Crippen molar-refractivity contribution in [2.24, 2.45) is 0 Å². The molecular formula is C19H26N4O3S2. The number of rotatable bonds is 8. The maximum absolute atomic E-state index is 12.6. The molecule has 2 aromatic heterocycles. The summed E-state index contributed by atoms with van der Waals surface area (Å²) in [6, 6.07) is 0. The van der Waals surface area contributed by atoms with Crippen molar-refractivity contribution in [1.82, 2.24) is 14.8 Å². The molecule has 9 heteroatoms. The Morgan fingerprint density at radius 2 is 2.04 bits per heavy atom. The normalized spacial score (nSPS) is 13.2. The Hall–Kier alpha value is -1.87. The maximum Gasteiger partial charge on any atom is 0.341 e. The van der Waals surface area contributed by atoms with Crippen molar-refractivity contribution in [3.8, 4) is 0 Å². The molecule has 0 aliphatic heterocycles. The van der Waals surface area contributed by atoms with E-state index in [1.54, 1.807) is 0 Å². The second kappa shape index (κ2) is 9.56. The van der Waals surface area contributed by atoms with Crippen molar-refractivity contribution in [3.63, 3.8) is 0 Å². The van der Waals surface area contributed by atoms with E-state index in [1.807, 2.05) is 6.92 Å². The van der Waals surface area contributed by atoms with Crippen molar-refractivity contribution >= 4 is 40.0 Å². The lowest BCUT2D eigenvalue weighted by atomic mass is 9.95. The first kappa shape index (κ1) is 20.9. The van der Waals surface area contributed by atoms with Crippen LogP contribution in [-0.2, 0) is 35.3 Å². The monoisotopic (exact) mass is 422 g/mol. The summed E-state index contributed by atoms with van der Waals surface area (Å²) in [5.74, 6) is 0.619. The summed E-state index contributed by atoms with van der Waals surface area (Å²) >= 11 is 2.87. The first-order valence-corrected chi connectivity index (χ1v) is 11.5. The number of methoxy groups -OCH3 is 1. The van der Waals surface area contributed by atoms with E-state index in [1.165, 1.54) is 35.1 Å². The quantitative estimate of drug-likeness (QED) is 0.516. The van der Waals surface area contributed by atoms with E-state index in [2.05, 4.69) is 27.0 Å². The number of carbonyl (C=O) groups excluding carboxylic acids is 2. The number of ether oxygens (including phenoxy) is 1. The van der Waals surface area contributed by atoms with Crippen LogP contribution in [0.5, 0.6) is 0 Å². The van der Waals surface area contributed by atoms with E-state index in [0.29, 0.717) is 10.6 Å². The molecule has 2 heterocycles. The van der Waals surface area contributed by atoms with Crippen LogP contribution in [0.1, 0.15) is 59.7 Å². The molecule has 7 nitrogen and oxygen atoms in total. The van der Waals surface area contributed by atoms with Gasteiger partial charge in [0.25, 0.3) is 0 Å². The summed E-state index contributed by atoms with van der Waals surface area (Å²) < 4.78 is 7.03. The molecule has 1 aliphatic carbocycles. The first-order chi connectivity index (χ1) is 13.6. The molecule has 2 aromatic rings. The lowest BCUT2D eigenvalue weighted by Gasteiger charge is -2.11. The lowest BCUT2D eigenvalue weighted by molar-refractivity contribution is -0.113. The molecule has 28 heavy (non-hydrogen) atoms. The molecule has 0 atom stereocenters. The highest BCUT2D eigenvalue weighted by molar-refractivity contribution is 7.99. The van der Waals surface area contributed by atoms with Crippen molar-refractivity contribution in [3.05, 3.63) is 21.8 Å². The number of carbonyl (C=O) groups is 2. The number of thiophene rings is 1. The van der Waals surface area contributed by atoms with Gasteiger partial charge in [-0.05, 0) is 37.7 Å². The van der Waals surface area contributed by atoms with Crippen molar-refractivity contribution in [1.29, 1.82) is 0 Å². The van der Waals surface area contributed by atoms with Crippen LogP contribution < -0.4 is 5.32 Å². The number of nitrogens with one attached hydrogen (secondary N) is 1. The van der Waals surface area contributed by atoms with Crippen LogP contribution in [0.3, 0.4) is 0 Å². The molecule has 1 N–H and O–H groups in total. The van der Waals surface area contributed by atoms with Gasteiger partial charge in [-0.3, -0.25) is 4.79 Å². The zero-order valence-corrected chi connectivity index (χ0v) is 18.2. The SMILES string of the molecule is CCCn1c(CC)nnc1SCC(=O)Nc1sc2c(c1C(=O)OC)CCCC2. The number of aromatic nitrogens is 3. The highest BCUT2D eigenvalue weighted by atomic mass is 32.2. The minimum absolute atomic E-state index is 0.155. The fraction of sp³-hybridized carbons (Fsp3) is 0.579. The van der Waals surface area contributed by atoms with E-state index in [0.717, 1.165) is 61.6 Å². The predicted molar refractivity (Wildman–Crippen MR) is 111 cm³/mol. The summed E-state index contributed by atoms with van der Waals surface area (Å²) in [6.45, 7) is 4.99. The average Bonchev–Trinajstić information content (AvgIpc) is 3.26. The number of hydrogen-bond acceptors (Lipinski definition) is 7. The molecule has 0 aromatic carbocycles. The van der Waals surface area contributed by atoms with Crippen LogP contribution in [-0.4, -0.2) is 39.5 Å². The number of anilines is 1. The fourth-order valence-corrected chi connectivity index (χ4v) is 5.48. The standard InChI is InChI=1S/C19H26N4O3S2/c1-4-10-23-14(5-2)21-22-19(23)27-11-15(24)20-17-16(18(25)26-3)12-8-6-7-9-13(12)28-17/h4-11H2,1-3H3,(H,20,24). The van der Waals surface area contributed by atoms with Crippen LogP contribution >= 0.6 is 23.1 Å². The number of nitrogens with zero attached hydrogens (tertiary/aromatic N) is 3. The number of thioether (sulfide) groups is 1. The third-order valence-electron chi connectivity index (χ3n) is 4.70. The Bertz CT molecular complexity index is 860.